The van der Waals surface area contributed by atoms with Gasteiger partial charge in [0, 0.05) is 42.7 Å². The van der Waals surface area contributed by atoms with Crippen LogP contribution in [0, 0.1) is 0 Å². The number of nitrogens with zero attached hydrogens (tertiary/aromatic N) is 4. The second-order valence-corrected chi connectivity index (χ2v) is 7.15. The molecule has 1 saturated heterocycles. The summed E-state index contributed by atoms with van der Waals surface area (Å²) in [6, 6.07) is 0. The number of nitrogens with one attached hydrogen (secondary N) is 1. The molecule has 1 fully saturated rings. The first-order valence-electron chi connectivity index (χ1n) is 8.86. The summed E-state index contributed by atoms with van der Waals surface area (Å²) in [6.45, 7) is 3.60. The maximum atomic E-state index is 12.8. The van der Waals surface area contributed by atoms with Crippen molar-refractivity contribution in [1.29, 1.82) is 0 Å². The summed E-state index contributed by atoms with van der Waals surface area (Å²) in [5, 5.41) is 9.15. The van der Waals surface area contributed by atoms with Crippen LogP contribution in [0.15, 0.2) is 10.9 Å². The van der Waals surface area contributed by atoms with Gasteiger partial charge in [0.25, 0.3) is 11.8 Å². The first-order chi connectivity index (χ1) is 12.7. The Bertz CT molecular complexity index is 796. The molecule has 0 spiro atoms. The summed E-state index contributed by atoms with van der Waals surface area (Å²) in [5.41, 5.74) is 4.51. The zero-order valence-corrected chi connectivity index (χ0v) is 15.3. The molecule has 0 aromatic carbocycles. The number of carbonyl (C=O) groups is 2. The fourth-order valence-corrected chi connectivity index (χ4v) is 3.96. The Morgan fingerprint density at radius 2 is 2.15 bits per heavy atom. The highest BCUT2D eigenvalue weighted by Gasteiger charge is 2.29. The van der Waals surface area contributed by atoms with Crippen molar-refractivity contribution in [2.24, 2.45) is 0 Å². The summed E-state index contributed by atoms with van der Waals surface area (Å²) in [7, 11) is 0. The van der Waals surface area contributed by atoms with E-state index in [4.69, 9.17) is 4.74 Å². The summed E-state index contributed by atoms with van der Waals surface area (Å²) >= 11 is 1.39. The number of hydrogen-bond donors (Lipinski definition) is 1. The van der Waals surface area contributed by atoms with Gasteiger partial charge in [0.15, 0.2) is 5.69 Å². The highest BCUT2D eigenvalue weighted by Crippen LogP contribution is 2.23. The molecule has 2 amide bonds. The molecule has 4 rings (SSSR count). The van der Waals surface area contributed by atoms with Crippen LogP contribution in [-0.4, -0.2) is 57.7 Å². The fraction of sp³-hybridized carbons (Fsp3) is 0.529. The third kappa shape index (κ3) is 3.36. The van der Waals surface area contributed by atoms with E-state index in [-0.39, 0.29) is 11.8 Å². The zero-order valence-electron chi connectivity index (χ0n) is 14.4. The number of thiazole rings is 1. The largest absolute Gasteiger partial charge is 0.376 e. The van der Waals surface area contributed by atoms with Crippen molar-refractivity contribution in [1.82, 2.24) is 25.0 Å². The lowest BCUT2D eigenvalue weighted by molar-refractivity contribution is 0.0772. The number of ether oxygens (including phenoxy) is 1. The predicted octanol–water partition coefficient (Wildman–Crippen LogP) is 1.08. The van der Waals surface area contributed by atoms with Crippen molar-refractivity contribution in [3.63, 3.8) is 0 Å². The molecule has 0 bridgehead atoms. The number of carbonyl (C=O) groups excluding carboxylic acids is 2. The molecule has 0 radical (unpaired) electrons. The maximum Gasteiger partial charge on any atom is 0.274 e. The Kier molecular flexibility index (Phi) is 4.98. The van der Waals surface area contributed by atoms with E-state index in [9.17, 15) is 9.59 Å². The lowest BCUT2D eigenvalue weighted by atomic mass is 10.1. The van der Waals surface area contributed by atoms with Gasteiger partial charge in [-0.25, -0.2) is 4.98 Å². The van der Waals surface area contributed by atoms with Crippen LogP contribution in [0.2, 0.25) is 0 Å². The highest BCUT2D eigenvalue weighted by atomic mass is 32.1. The molecule has 4 heterocycles. The van der Waals surface area contributed by atoms with E-state index in [1.807, 2.05) is 9.58 Å². The third-order valence-electron chi connectivity index (χ3n) is 4.77. The molecule has 26 heavy (non-hydrogen) atoms. The number of fused-ring (bicyclic) bond motifs is 1. The minimum absolute atomic E-state index is 0.00508. The number of aromatic nitrogens is 3. The Labute approximate surface area is 155 Å². The van der Waals surface area contributed by atoms with Crippen molar-refractivity contribution in [2.45, 2.75) is 32.4 Å². The molecule has 2 aliphatic rings. The van der Waals surface area contributed by atoms with E-state index < -0.39 is 0 Å². The van der Waals surface area contributed by atoms with Gasteiger partial charge in [-0.3, -0.25) is 14.3 Å². The van der Waals surface area contributed by atoms with Crippen LogP contribution >= 0.6 is 11.3 Å². The van der Waals surface area contributed by atoms with Crippen LogP contribution in [-0.2, 0) is 24.3 Å². The Morgan fingerprint density at radius 1 is 1.31 bits per heavy atom. The minimum Gasteiger partial charge on any atom is -0.376 e. The van der Waals surface area contributed by atoms with Crippen molar-refractivity contribution in [3.8, 4) is 0 Å². The number of amides is 2. The van der Waals surface area contributed by atoms with Crippen molar-refractivity contribution in [3.05, 3.63) is 33.5 Å². The third-order valence-corrected chi connectivity index (χ3v) is 5.35. The van der Waals surface area contributed by atoms with E-state index in [0.717, 1.165) is 43.6 Å². The molecule has 138 valence electrons. The zero-order chi connectivity index (χ0) is 17.9. The molecule has 9 heteroatoms. The van der Waals surface area contributed by atoms with Crippen LogP contribution in [0.5, 0.6) is 0 Å². The van der Waals surface area contributed by atoms with Crippen molar-refractivity contribution >= 4 is 23.2 Å². The second kappa shape index (κ2) is 7.55. The molecule has 1 N–H and O–H groups in total. The minimum atomic E-state index is -0.191. The Hall–Kier alpha value is -2.26. The molecule has 0 unspecified atom stereocenters. The van der Waals surface area contributed by atoms with Gasteiger partial charge in [0.05, 0.1) is 25.3 Å². The molecule has 2 aromatic heterocycles. The van der Waals surface area contributed by atoms with Gasteiger partial charge in [-0.1, -0.05) is 0 Å². The average Bonchev–Trinajstić information content (AvgIpc) is 3.41. The molecule has 0 saturated carbocycles. The Morgan fingerprint density at radius 3 is 2.92 bits per heavy atom. The maximum absolute atomic E-state index is 12.8. The fourth-order valence-electron chi connectivity index (χ4n) is 3.43. The van der Waals surface area contributed by atoms with Gasteiger partial charge >= 0.3 is 0 Å². The van der Waals surface area contributed by atoms with Gasteiger partial charge in [-0.2, -0.15) is 5.10 Å². The smallest absolute Gasteiger partial charge is 0.274 e. The van der Waals surface area contributed by atoms with Gasteiger partial charge < -0.3 is 15.0 Å². The van der Waals surface area contributed by atoms with Crippen LogP contribution in [0.25, 0.3) is 0 Å². The van der Waals surface area contributed by atoms with Gasteiger partial charge in [0.2, 0.25) is 0 Å². The SMILES string of the molecule is O=C(NCCn1nc(C(=O)N2CCCC2)c2c1CCOC2)c1cscn1. The molecule has 0 aliphatic carbocycles. The van der Waals surface area contributed by atoms with Crippen LogP contribution in [0.3, 0.4) is 0 Å². The number of rotatable bonds is 5. The number of likely N-dealkylation sites (tertiary alicyclic amines) is 1. The quantitative estimate of drug-likeness (QED) is 0.845. The van der Waals surface area contributed by atoms with Crippen LogP contribution < -0.4 is 5.32 Å². The molecular formula is C17H21N5O3S. The topological polar surface area (TPSA) is 89.4 Å². The van der Waals surface area contributed by atoms with E-state index in [1.54, 1.807) is 10.9 Å². The monoisotopic (exact) mass is 375 g/mol. The van der Waals surface area contributed by atoms with Crippen LogP contribution in [0.4, 0.5) is 0 Å². The van der Waals surface area contributed by atoms with Crippen molar-refractivity contribution < 1.29 is 14.3 Å². The second-order valence-electron chi connectivity index (χ2n) is 6.43. The summed E-state index contributed by atoms with van der Waals surface area (Å²) < 4.78 is 7.40. The van der Waals surface area contributed by atoms with Gasteiger partial charge in [-0.05, 0) is 12.8 Å². The molecule has 0 atom stereocenters. The van der Waals surface area contributed by atoms with E-state index in [2.05, 4.69) is 15.4 Å². The summed E-state index contributed by atoms with van der Waals surface area (Å²) in [4.78, 5) is 30.6. The van der Waals surface area contributed by atoms with Gasteiger partial charge in [-0.15, -0.1) is 11.3 Å². The molecule has 8 nitrogen and oxygen atoms in total. The van der Waals surface area contributed by atoms with E-state index in [1.165, 1.54) is 11.3 Å². The lowest BCUT2D eigenvalue weighted by Crippen LogP contribution is -2.29. The normalized spacial score (nSPS) is 16.5. The van der Waals surface area contributed by atoms with E-state index >= 15 is 0 Å². The molecule has 2 aliphatic heterocycles. The summed E-state index contributed by atoms with van der Waals surface area (Å²) in [5.74, 6) is -0.196. The average molecular weight is 375 g/mol. The summed E-state index contributed by atoms with van der Waals surface area (Å²) in [6.07, 6.45) is 2.83. The standard InChI is InChI=1S/C17H21N5O3S/c23-16(13-10-26-11-19-13)18-4-7-22-14-3-8-25-9-12(14)15(20-22)17(24)21-5-1-2-6-21/h10-11H,1-9H2,(H,18,23). The van der Waals surface area contributed by atoms with Gasteiger partial charge in [0.1, 0.15) is 5.69 Å². The predicted molar refractivity (Wildman–Crippen MR) is 95.2 cm³/mol. The van der Waals surface area contributed by atoms with Crippen molar-refractivity contribution in [2.75, 3.05) is 26.2 Å². The first-order valence-corrected chi connectivity index (χ1v) is 9.80. The highest BCUT2D eigenvalue weighted by molar-refractivity contribution is 7.07. The molecule has 2 aromatic rings. The lowest BCUT2D eigenvalue weighted by Gasteiger charge is -2.17. The first kappa shape index (κ1) is 17.2. The van der Waals surface area contributed by atoms with Crippen LogP contribution in [0.1, 0.15) is 45.1 Å². The number of hydrogen-bond acceptors (Lipinski definition) is 6. The molecular weight excluding hydrogens is 354 g/mol. The Balaban J connectivity index is 1.47. The van der Waals surface area contributed by atoms with E-state index in [0.29, 0.717) is 37.7 Å².